The lowest BCUT2D eigenvalue weighted by atomic mass is 9.98. The van der Waals surface area contributed by atoms with E-state index in [0.717, 1.165) is 22.4 Å². The van der Waals surface area contributed by atoms with E-state index in [1.807, 2.05) is 49.4 Å². The molecule has 150 valence electrons. The Hall–Kier alpha value is -3.35. The molecule has 2 aliphatic rings. The fourth-order valence-corrected chi connectivity index (χ4v) is 3.68. The molecule has 1 atom stereocenters. The average Bonchev–Trinajstić information content (AvgIpc) is 2.88. The highest BCUT2D eigenvalue weighted by atomic mass is 16.5. The van der Waals surface area contributed by atoms with Crippen LogP contribution in [0.5, 0.6) is 5.75 Å². The minimum atomic E-state index is -0.316. The van der Waals surface area contributed by atoms with Crippen LogP contribution in [0.1, 0.15) is 23.1 Å². The summed E-state index contributed by atoms with van der Waals surface area (Å²) in [5, 5.41) is 5.25. The molecule has 1 fully saturated rings. The average molecular weight is 393 g/mol. The van der Waals surface area contributed by atoms with Crippen molar-refractivity contribution >= 4 is 23.5 Å². The van der Waals surface area contributed by atoms with Crippen LogP contribution < -0.4 is 15.4 Å². The number of fused-ring (bicyclic) bond motifs is 1. The van der Waals surface area contributed by atoms with Crippen LogP contribution >= 0.6 is 0 Å². The predicted octanol–water partition coefficient (Wildman–Crippen LogP) is 2.63. The zero-order valence-electron chi connectivity index (χ0n) is 16.2. The highest BCUT2D eigenvalue weighted by Gasteiger charge is 2.30. The number of benzene rings is 2. The van der Waals surface area contributed by atoms with E-state index in [1.165, 1.54) is 0 Å². The Morgan fingerprint density at radius 1 is 1.21 bits per heavy atom. The topological polar surface area (TPSA) is 87.7 Å². The number of ether oxygens (including phenoxy) is 1. The van der Waals surface area contributed by atoms with Crippen molar-refractivity contribution < 1.29 is 19.1 Å². The van der Waals surface area contributed by atoms with Gasteiger partial charge in [-0.2, -0.15) is 0 Å². The van der Waals surface area contributed by atoms with Gasteiger partial charge in [0, 0.05) is 17.7 Å². The third-order valence-corrected chi connectivity index (χ3v) is 5.24. The second-order valence-corrected chi connectivity index (χ2v) is 7.53. The van der Waals surface area contributed by atoms with Crippen LogP contribution in [0.25, 0.3) is 0 Å². The molecular formula is C22H23N3O4. The Balaban J connectivity index is 1.38. The maximum Gasteiger partial charge on any atom is 0.322 e. The second-order valence-electron chi connectivity index (χ2n) is 7.53. The lowest BCUT2D eigenvalue weighted by Gasteiger charge is -2.20. The van der Waals surface area contributed by atoms with Crippen molar-refractivity contribution in [3.05, 3.63) is 59.2 Å². The molecule has 2 N–H and O–H groups in total. The van der Waals surface area contributed by atoms with E-state index in [9.17, 15) is 14.4 Å². The van der Waals surface area contributed by atoms with Gasteiger partial charge in [0.15, 0.2) is 0 Å². The zero-order valence-corrected chi connectivity index (χ0v) is 16.2. The van der Waals surface area contributed by atoms with E-state index in [1.54, 1.807) is 4.90 Å². The molecule has 0 spiro atoms. The molecule has 1 unspecified atom stereocenters. The van der Waals surface area contributed by atoms with E-state index in [-0.39, 0.29) is 30.2 Å². The normalized spacial score (nSPS) is 18.5. The first-order valence-corrected chi connectivity index (χ1v) is 9.69. The molecule has 2 heterocycles. The molecule has 2 aliphatic heterocycles. The first-order chi connectivity index (χ1) is 14.0. The largest absolute Gasteiger partial charge is 0.491 e. The molecular weight excluding hydrogens is 370 g/mol. The minimum absolute atomic E-state index is 0.184. The summed E-state index contributed by atoms with van der Waals surface area (Å²) in [4.78, 5) is 37.5. The van der Waals surface area contributed by atoms with Gasteiger partial charge < -0.3 is 15.0 Å². The summed E-state index contributed by atoms with van der Waals surface area (Å²) in [6.07, 6.45) is 0.737. The third-order valence-electron chi connectivity index (χ3n) is 5.24. The molecule has 2 aromatic carbocycles. The fourth-order valence-electron chi connectivity index (χ4n) is 3.68. The second kappa shape index (κ2) is 7.95. The monoisotopic (exact) mass is 393 g/mol. The minimum Gasteiger partial charge on any atom is -0.491 e. The third kappa shape index (κ3) is 4.39. The summed E-state index contributed by atoms with van der Waals surface area (Å²) in [6, 6.07) is 13.2. The van der Waals surface area contributed by atoms with Gasteiger partial charge in [-0.25, -0.2) is 4.79 Å². The van der Waals surface area contributed by atoms with Crippen molar-refractivity contribution in [2.75, 3.05) is 18.5 Å². The molecule has 1 saturated heterocycles. The van der Waals surface area contributed by atoms with E-state index in [4.69, 9.17) is 4.74 Å². The zero-order chi connectivity index (χ0) is 20.4. The number of anilines is 1. The number of rotatable bonds is 3. The molecule has 29 heavy (non-hydrogen) atoms. The Labute approximate surface area is 169 Å². The molecule has 7 nitrogen and oxygen atoms in total. The van der Waals surface area contributed by atoms with Crippen molar-refractivity contribution in [2.45, 2.75) is 26.3 Å². The van der Waals surface area contributed by atoms with Crippen molar-refractivity contribution in [2.24, 2.45) is 5.92 Å². The SMILES string of the molecule is Cc1ccc2c(c1)CN(C(=O)Nc1ccc(CC3CC(=O)NC3=O)cc1)CCO2. The lowest BCUT2D eigenvalue weighted by Crippen LogP contribution is -2.36. The summed E-state index contributed by atoms with van der Waals surface area (Å²) in [6.45, 7) is 3.46. The van der Waals surface area contributed by atoms with Crippen molar-refractivity contribution in [1.82, 2.24) is 10.2 Å². The first kappa shape index (κ1) is 19.0. The number of hydrogen-bond acceptors (Lipinski definition) is 4. The number of carbonyl (C=O) groups is 3. The Morgan fingerprint density at radius 2 is 2.00 bits per heavy atom. The van der Waals surface area contributed by atoms with Crippen LogP contribution in [0.3, 0.4) is 0 Å². The van der Waals surface area contributed by atoms with Crippen molar-refractivity contribution in [3.63, 3.8) is 0 Å². The van der Waals surface area contributed by atoms with Gasteiger partial charge in [-0.1, -0.05) is 29.8 Å². The molecule has 0 aromatic heterocycles. The van der Waals surface area contributed by atoms with Crippen LogP contribution in [0.4, 0.5) is 10.5 Å². The number of urea groups is 1. The van der Waals surface area contributed by atoms with Crippen LogP contribution in [0.2, 0.25) is 0 Å². The smallest absolute Gasteiger partial charge is 0.322 e. The van der Waals surface area contributed by atoms with Gasteiger partial charge in [0.05, 0.1) is 19.0 Å². The fraction of sp³-hybridized carbons (Fsp3) is 0.318. The van der Waals surface area contributed by atoms with E-state index in [0.29, 0.717) is 31.8 Å². The van der Waals surface area contributed by atoms with Gasteiger partial charge in [-0.3, -0.25) is 14.9 Å². The van der Waals surface area contributed by atoms with E-state index < -0.39 is 0 Å². The first-order valence-electron chi connectivity index (χ1n) is 9.69. The van der Waals surface area contributed by atoms with Crippen molar-refractivity contribution in [1.29, 1.82) is 0 Å². The number of nitrogens with one attached hydrogen (secondary N) is 2. The quantitative estimate of drug-likeness (QED) is 0.785. The van der Waals surface area contributed by atoms with Crippen LogP contribution in [-0.4, -0.2) is 35.9 Å². The number of carbonyl (C=O) groups excluding carboxylic acids is 3. The lowest BCUT2D eigenvalue weighted by molar-refractivity contribution is -0.125. The highest BCUT2D eigenvalue weighted by Crippen LogP contribution is 2.25. The van der Waals surface area contributed by atoms with Crippen LogP contribution in [0.15, 0.2) is 42.5 Å². The molecule has 4 rings (SSSR count). The standard InChI is InChI=1S/C22H23N3O4/c1-14-2-7-19-17(10-14)13-25(8-9-29-19)22(28)23-18-5-3-15(4-6-18)11-16-12-20(26)24-21(16)27/h2-7,10,16H,8-9,11-13H2,1H3,(H,23,28)(H,24,26,27). The molecule has 0 bridgehead atoms. The number of aryl methyl sites for hydroxylation is 1. The highest BCUT2D eigenvalue weighted by molar-refractivity contribution is 6.03. The number of hydrogen-bond donors (Lipinski definition) is 2. The van der Waals surface area contributed by atoms with Gasteiger partial charge in [0.1, 0.15) is 12.4 Å². The molecule has 0 aliphatic carbocycles. The molecule has 2 aromatic rings. The molecule has 0 saturated carbocycles. The van der Waals surface area contributed by atoms with Gasteiger partial charge in [-0.15, -0.1) is 0 Å². The number of imide groups is 1. The summed E-state index contributed by atoms with van der Waals surface area (Å²) >= 11 is 0. The summed E-state index contributed by atoms with van der Waals surface area (Å²) in [5.41, 5.74) is 3.76. The van der Waals surface area contributed by atoms with Gasteiger partial charge in [0.2, 0.25) is 11.8 Å². The maximum absolute atomic E-state index is 12.7. The summed E-state index contributed by atoms with van der Waals surface area (Å²) in [5.74, 6) is 0.0709. The summed E-state index contributed by atoms with van der Waals surface area (Å²) < 4.78 is 5.75. The molecule has 4 amide bonds. The molecule has 7 heteroatoms. The van der Waals surface area contributed by atoms with Crippen LogP contribution in [-0.2, 0) is 22.6 Å². The summed E-state index contributed by atoms with van der Waals surface area (Å²) in [7, 11) is 0. The predicted molar refractivity (Wildman–Crippen MR) is 108 cm³/mol. The molecule has 0 radical (unpaired) electrons. The van der Waals surface area contributed by atoms with Gasteiger partial charge in [-0.05, 0) is 37.1 Å². The van der Waals surface area contributed by atoms with E-state index in [2.05, 4.69) is 10.6 Å². The van der Waals surface area contributed by atoms with Gasteiger partial charge >= 0.3 is 6.03 Å². The number of amides is 4. The van der Waals surface area contributed by atoms with Crippen molar-refractivity contribution in [3.8, 4) is 5.75 Å². The van der Waals surface area contributed by atoms with E-state index >= 15 is 0 Å². The Bertz CT molecular complexity index is 955. The number of nitrogens with zero attached hydrogens (tertiary/aromatic N) is 1. The van der Waals surface area contributed by atoms with Crippen LogP contribution in [0, 0.1) is 12.8 Å². The maximum atomic E-state index is 12.7. The Kier molecular flexibility index (Phi) is 5.20. The Morgan fingerprint density at radius 3 is 2.72 bits per heavy atom. The van der Waals surface area contributed by atoms with Gasteiger partial charge in [0.25, 0.3) is 0 Å².